The van der Waals surface area contributed by atoms with Crippen molar-refractivity contribution in [2.75, 3.05) is 51.1 Å². The highest BCUT2D eigenvalue weighted by atomic mass is 16.5. The average Bonchev–Trinajstić information content (AvgIpc) is 3.33. The molecule has 0 aromatic heterocycles. The summed E-state index contributed by atoms with van der Waals surface area (Å²) in [6.45, 7) is 11.4. The lowest BCUT2D eigenvalue weighted by molar-refractivity contribution is -0.124. The average molecular weight is 917 g/mol. The summed E-state index contributed by atoms with van der Waals surface area (Å²) in [7, 11) is 0. The second-order valence-corrected chi connectivity index (χ2v) is 17.1. The van der Waals surface area contributed by atoms with Gasteiger partial charge in [-0.2, -0.15) is 0 Å². The van der Waals surface area contributed by atoms with E-state index >= 15 is 0 Å². The normalized spacial score (nSPS) is 12.3. The summed E-state index contributed by atoms with van der Waals surface area (Å²) in [5.74, 6) is 5.66. The maximum absolute atomic E-state index is 13.4. The van der Waals surface area contributed by atoms with E-state index in [1.807, 2.05) is 74.5 Å². The highest BCUT2D eigenvalue weighted by Gasteiger charge is 2.25. The van der Waals surface area contributed by atoms with Crippen LogP contribution in [0.25, 0.3) is 33.4 Å². The van der Waals surface area contributed by atoms with Crippen molar-refractivity contribution in [3.63, 3.8) is 0 Å². The van der Waals surface area contributed by atoms with Gasteiger partial charge in [-0.25, -0.2) is 4.79 Å². The van der Waals surface area contributed by atoms with Crippen LogP contribution in [0.3, 0.4) is 0 Å². The molecule has 1 aliphatic carbocycles. The summed E-state index contributed by atoms with van der Waals surface area (Å²) in [5, 5.41) is 12.2. The van der Waals surface area contributed by atoms with E-state index in [-0.39, 0.29) is 42.3 Å². The molecule has 1 amide bonds. The second-order valence-electron chi connectivity index (χ2n) is 17.1. The van der Waals surface area contributed by atoms with Crippen LogP contribution in [0.1, 0.15) is 113 Å². The van der Waals surface area contributed by atoms with Gasteiger partial charge in [0, 0.05) is 84.7 Å². The van der Waals surface area contributed by atoms with Gasteiger partial charge in [0.2, 0.25) is 5.91 Å². The molecule has 0 atom stereocenters. The van der Waals surface area contributed by atoms with Gasteiger partial charge >= 0.3 is 5.97 Å². The van der Waals surface area contributed by atoms with E-state index in [0.29, 0.717) is 94.5 Å². The lowest BCUT2D eigenvalue weighted by Gasteiger charge is -2.26. The van der Waals surface area contributed by atoms with Gasteiger partial charge in [0.15, 0.2) is 5.78 Å². The molecule has 352 valence electrons. The van der Waals surface area contributed by atoms with Crippen molar-refractivity contribution in [2.24, 2.45) is 4.99 Å². The summed E-state index contributed by atoms with van der Waals surface area (Å²) < 4.78 is 23.5. The Labute approximate surface area is 398 Å². The summed E-state index contributed by atoms with van der Waals surface area (Å²) in [4.78, 5) is 58.7. The number of fused-ring (bicyclic) bond motifs is 4. The topological polar surface area (TPSA) is 145 Å². The number of amides is 1. The van der Waals surface area contributed by atoms with Crippen molar-refractivity contribution in [2.45, 2.75) is 85.6 Å². The third-order valence-electron chi connectivity index (χ3n) is 12.2. The Morgan fingerprint density at radius 3 is 2.15 bits per heavy atom. The van der Waals surface area contributed by atoms with Crippen LogP contribution in [0, 0.1) is 25.7 Å². The quantitative estimate of drug-likeness (QED) is 0.0287. The number of carboxylic acids is 1. The Balaban J connectivity index is 0.817. The first-order chi connectivity index (χ1) is 33.1. The van der Waals surface area contributed by atoms with E-state index in [1.54, 1.807) is 17.0 Å². The molecule has 0 saturated heterocycles. The molecule has 2 aliphatic heterocycles. The molecule has 11 heteroatoms. The number of carbonyl (C=O) groups is 4. The van der Waals surface area contributed by atoms with E-state index in [0.717, 1.165) is 68.2 Å². The molecule has 1 N–H and O–H groups in total. The van der Waals surface area contributed by atoms with Crippen LogP contribution in [-0.2, 0) is 36.8 Å². The Bertz CT molecular complexity index is 2900. The van der Waals surface area contributed by atoms with E-state index in [9.17, 15) is 24.3 Å². The van der Waals surface area contributed by atoms with E-state index in [4.69, 9.17) is 18.6 Å². The minimum atomic E-state index is -1.12. The minimum absolute atomic E-state index is 0.0204. The van der Waals surface area contributed by atoms with Crippen molar-refractivity contribution in [1.29, 1.82) is 0 Å². The van der Waals surface area contributed by atoms with Crippen LogP contribution in [0.4, 0.5) is 5.69 Å². The number of aromatic carboxylic acids is 1. The van der Waals surface area contributed by atoms with Crippen LogP contribution in [0.5, 0.6) is 0 Å². The highest BCUT2D eigenvalue weighted by Crippen LogP contribution is 2.43. The third kappa shape index (κ3) is 12.2. The Morgan fingerprint density at radius 1 is 0.721 bits per heavy atom. The molecule has 4 aromatic carbocycles. The number of ketones is 2. The molecule has 0 radical (unpaired) electrons. The number of hydrogen-bond acceptors (Lipinski definition) is 9. The third-order valence-corrected chi connectivity index (χ3v) is 12.2. The fourth-order valence-electron chi connectivity index (χ4n) is 8.62. The number of benzene rings is 5. The van der Waals surface area contributed by atoms with E-state index in [2.05, 4.69) is 42.8 Å². The van der Waals surface area contributed by atoms with Gasteiger partial charge in [0.1, 0.15) is 17.1 Å². The fraction of sp³-hybridized carbons (Fsp3) is 0.351. The predicted molar refractivity (Wildman–Crippen MR) is 264 cm³/mol. The molecule has 0 spiro atoms. The molecule has 0 unspecified atom stereocenters. The number of anilines is 1. The van der Waals surface area contributed by atoms with Gasteiger partial charge in [-0.15, -0.1) is 0 Å². The number of aryl methyl sites for hydroxylation is 3. The standard InChI is InChI=1S/C57H60N2O9/c1-5-13-42-35-53-48(32-38(42)3)56(49-33-39(4)50(58-6-2)36-54(49)68-53)46-24-22-43(34-47(46)57(63)64)52(61)19-12-27-66-29-31-67-30-28-65-26-11-17-45(60)23-25-55(62)59-37-44-16-8-7-14-40(44)20-21-41-15-9-10-18-51(41)59/h7-10,14-16,18,22,24,32-36H,5-6,11-13,17,19,23,25-31,37H2,1-4H3,(H,63,64). The van der Waals surface area contributed by atoms with Gasteiger partial charge < -0.3 is 28.6 Å². The monoisotopic (exact) mass is 916 g/mol. The smallest absolute Gasteiger partial charge is 0.336 e. The Kier molecular flexibility index (Phi) is 17.2. The van der Waals surface area contributed by atoms with Crippen molar-refractivity contribution in [3.05, 3.63) is 141 Å². The maximum atomic E-state index is 13.4. The Hall–Kier alpha value is -6.71. The molecular formula is C57H60N2O9. The zero-order valence-corrected chi connectivity index (χ0v) is 39.6. The molecule has 68 heavy (non-hydrogen) atoms. The van der Waals surface area contributed by atoms with Crippen LogP contribution in [0.15, 0.2) is 100 Å². The molecule has 11 nitrogen and oxygen atoms in total. The lowest BCUT2D eigenvalue weighted by atomic mass is 9.87. The number of rotatable bonds is 23. The molecule has 2 heterocycles. The van der Waals surface area contributed by atoms with Gasteiger partial charge in [0.05, 0.1) is 49.6 Å². The first-order valence-corrected chi connectivity index (χ1v) is 23.7. The largest absolute Gasteiger partial charge is 0.478 e. The summed E-state index contributed by atoms with van der Waals surface area (Å²) >= 11 is 0. The number of ether oxygens (including phenoxy) is 3. The molecule has 0 saturated carbocycles. The Morgan fingerprint density at radius 2 is 1.41 bits per heavy atom. The van der Waals surface area contributed by atoms with Gasteiger partial charge in [0.25, 0.3) is 0 Å². The molecule has 0 bridgehead atoms. The summed E-state index contributed by atoms with van der Waals surface area (Å²) in [6.07, 6.45) is 3.71. The molecule has 7 rings (SSSR count). The van der Waals surface area contributed by atoms with Gasteiger partial charge in [-0.1, -0.05) is 67.6 Å². The summed E-state index contributed by atoms with van der Waals surface area (Å²) in [6, 6.07) is 28.4. The lowest BCUT2D eigenvalue weighted by Crippen LogP contribution is -2.32. The van der Waals surface area contributed by atoms with Gasteiger partial charge in [-0.3, -0.25) is 19.4 Å². The van der Waals surface area contributed by atoms with Crippen molar-refractivity contribution >= 4 is 40.1 Å². The van der Waals surface area contributed by atoms with Gasteiger partial charge in [-0.05, 0) is 110 Å². The molecule has 4 aromatic rings. The molecular weight excluding hydrogens is 857 g/mol. The van der Waals surface area contributed by atoms with Crippen molar-refractivity contribution in [1.82, 2.24) is 0 Å². The maximum Gasteiger partial charge on any atom is 0.336 e. The first-order valence-electron chi connectivity index (χ1n) is 23.7. The highest BCUT2D eigenvalue weighted by molar-refractivity contribution is 6.09. The number of Topliss-reactive ketones (excluding diaryl/α,β-unsaturated/α-hetero) is 2. The number of para-hydroxylation sites is 1. The fourth-order valence-corrected chi connectivity index (χ4v) is 8.62. The number of nitrogens with zero attached hydrogens (tertiary/aromatic N) is 2. The molecule has 0 fully saturated rings. The van der Waals surface area contributed by atoms with Crippen LogP contribution < -0.4 is 10.3 Å². The predicted octanol–water partition coefficient (Wildman–Crippen LogP) is 10.5. The van der Waals surface area contributed by atoms with E-state index in [1.165, 1.54) is 11.6 Å². The van der Waals surface area contributed by atoms with E-state index < -0.39 is 5.97 Å². The van der Waals surface area contributed by atoms with Crippen LogP contribution in [-0.4, -0.2) is 74.7 Å². The number of carbonyl (C=O) groups excluding carboxylic acids is 3. The summed E-state index contributed by atoms with van der Waals surface area (Å²) in [5.41, 5.74) is 9.73. The van der Waals surface area contributed by atoms with Crippen LogP contribution in [0.2, 0.25) is 0 Å². The van der Waals surface area contributed by atoms with Crippen LogP contribution >= 0.6 is 0 Å². The van der Waals surface area contributed by atoms with Crippen molar-refractivity contribution in [3.8, 4) is 34.3 Å². The molecule has 3 aliphatic rings. The van der Waals surface area contributed by atoms with Crippen molar-refractivity contribution < 1.29 is 42.9 Å². The second kappa shape index (κ2) is 23.8. The zero-order valence-electron chi connectivity index (χ0n) is 39.6. The first kappa shape index (κ1) is 49.2. The number of carboxylic acid groups (broad SMARTS) is 1. The zero-order chi connectivity index (χ0) is 48.0. The minimum Gasteiger partial charge on any atom is -0.478 e. The SMILES string of the molecule is CCCc1cc2oc3cc(=NCC)c(C)cc-3c(-c3ccc(C(=O)CCCOCCOCCOCCCC(=O)CCC(=O)N4Cc5ccccc5C#Cc5ccccc54)cc3C(=O)O)c2cc1C. The number of hydrogen-bond donors (Lipinski definition) is 1.